The number of aromatic nitrogens is 4. The predicted octanol–water partition coefficient (Wildman–Crippen LogP) is 5.49. The quantitative estimate of drug-likeness (QED) is 0.327. The van der Waals surface area contributed by atoms with E-state index in [1.54, 1.807) is 6.20 Å². The van der Waals surface area contributed by atoms with Crippen LogP contribution in [0.3, 0.4) is 0 Å². The monoisotopic (exact) mass is 474 g/mol. The largest absolute Gasteiger partial charge is 0.444 e. The van der Waals surface area contributed by atoms with Crippen molar-refractivity contribution in [1.82, 2.24) is 24.8 Å². The molecule has 4 rings (SSSR count). The fourth-order valence-electron chi connectivity index (χ4n) is 4.23. The number of rotatable bonds is 8. The molecule has 0 saturated heterocycles. The third-order valence-corrected chi connectivity index (χ3v) is 5.73. The summed E-state index contributed by atoms with van der Waals surface area (Å²) in [6.07, 6.45) is 6.79. The van der Waals surface area contributed by atoms with E-state index in [2.05, 4.69) is 45.0 Å². The summed E-state index contributed by atoms with van der Waals surface area (Å²) in [4.78, 5) is 25.7. The van der Waals surface area contributed by atoms with Gasteiger partial charge < -0.3 is 20.4 Å². The molecule has 0 radical (unpaired) electrons. The molecule has 3 N–H and O–H groups in total. The number of nitrogens with one attached hydrogen (secondary N) is 1. The fraction of sp³-hybridized carbons (Fsp3) is 0.407. The van der Waals surface area contributed by atoms with E-state index in [0.29, 0.717) is 12.4 Å². The normalized spacial score (nSPS) is 11.8. The van der Waals surface area contributed by atoms with E-state index >= 15 is 0 Å². The summed E-state index contributed by atoms with van der Waals surface area (Å²) in [5.74, 6) is 1.46. The number of carbonyl (C=O) groups is 1. The Balaban J connectivity index is 1.60. The number of anilines is 1. The molecule has 1 amide bonds. The molecule has 3 heterocycles. The number of aryl methyl sites for hydroxylation is 2. The number of alkyl carbamates (subject to hydrolysis) is 1. The minimum Gasteiger partial charge on any atom is -0.444 e. The van der Waals surface area contributed by atoms with Crippen LogP contribution in [0.5, 0.6) is 0 Å². The topological polar surface area (TPSA) is 108 Å². The third kappa shape index (κ3) is 5.70. The predicted molar refractivity (Wildman–Crippen MR) is 140 cm³/mol. The van der Waals surface area contributed by atoms with Crippen molar-refractivity contribution >= 4 is 33.8 Å². The number of benzene rings is 1. The van der Waals surface area contributed by atoms with Crippen LogP contribution in [0.1, 0.15) is 52.8 Å². The first kappa shape index (κ1) is 24.4. The molecule has 0 atom stereocenters. The molecule has 0 aliphatic heterocycles. The number of carbonyl (C=O) groups excluding carboxylic acids is 1. The number of hydrogen-bond donors (Lipinski definition) is 2. The van der Waals surface area contributed by atoms with Crippen molar-refractivity contribution in [2.24, 2.45) is 0 Å². The van der Waals surface area contributed by atoms with Crippen molar-refractivity contribution in [2.45, 2.75) is 65.5 Å². The Bertz CT molecular complexity index is 1320. The molecular formula is C27H34N6O2. The maximum atomic E-state index is 11.9. The maximum absolute atomic E-state index is 11.9. The highest BCUT2D eigenvalue weighted by Crippen LogP contribution is 2.32. The first-order valence-electron chi connectivity index (χ1n) is 12.2. The number of imidazole rings is 1. The van der Waals surface area contributed by atoms with Crippen LogP contribution < -0.4 is 11.1 Å². The standard InChI is InChI=1S/C27H34N6O2/c1-5-9-22-32-23-24(33(22)15-7-6-14-30-26(34)35-27(2,3)4)20-12-11-18(16-21(20)31-25(23)28)19-10-8-13-29-17-19/h8,10-13,16-17H,5-7,9,14-15H2,1-4H3,(H2,28,31)(H,30,34). The molecule has 184 valence electrons. The SMILES string of the molecule is CCCc1nc2c(N)nc3cc(-c4cccnc4)ccc3c2n1CCCCNC(=O)OC(C)(C)C. The van der Waals surface area contributed by atoms with Crippen molar-refractivity contribution < 1.29 is 9.53 Å². The zero-order valence-corrected chi connectivity index (χ0v) is 21.0. The van der Waals surface area contributed by atoms with Crippen molar-refractivity contribution in [3.63, 3.8) is 0 Å². The average molecular weight is 475 g/mol. The van der Waals surface area contributed by atoms with Crippen LogP contribution in [-0.2, 0) is 17.7 Å². The van der Waals surface area contributed by atoms with Crippen LogP contribution >= 0.6 is 0 Å². The molecule has 3 aromatic heterocycles. The minimum absolute atomic E-state index is 0.383. The summed E-state index contributed by atoms with van der Waals surface area (Å²) >= 11 is 0. The highest BCUT2D eigenvalue weighted by Gasteiger charge is 2.18. The zero-order chi connectivity index (χ0) is 25.0. The van der Waals surface area contributed by atoms with Crippen molar-refractivity contribution in [3.8, 4) is 11.1 Å². The Morgan fingerprint density at radius 1 is 1.14 bits per heavy atom. The van der Waals surface area contributed by atoms with Crippen molar-refractivity contribution in [3.05, 3.63) is 48.5 Å². The van der Waals surface area contributed by atoms with Gasteiger partial charge in [-0.15, -0.1) is 0 Å². The molecule has 0 unspecified atom stereocenters. The fourth-order valence-corrected chi connectivity index (χ4v) is 4.23. The van der Waals surface area contributed by atoms with E-state index in [4.69, 9.17) is 15.5 Å². The summed E-state index contributed by atoms with van der Waals surface area (Å²) in [6.45, 7) is 9.06. The summed E-state index contributed by atoms with van der Waals surface area (Å²) in [7, 11) is 0. The molecule has 0 spiro atoms. The van der Waals surface area contributed by atoms with Crippen LogP contribution in [-0.4, -0.2) is 37.8 Å². The highest BCUT2D eigenvalue weighted by atomic mass is 16.6. The Morgan fingerprint density at radius 2 is 1.97 bits per heavy atom. The van der Waals surface area contributed by atoms with Crippen LogP contribution in [0, 0.1) is 0 Å². The lowest BCUT2D eigenvalue weighted by Gasteiger charge is -2.19. The molecule has 8 nitrogen and oxygen atoms in total. The van der Waals surface area contributed by atoms with E-state index in [0.717, 1.165) is 71.1 Å². The van der Waals surface area contributed by atoms with E-state index in [1.165, 1.54) is 0 Å². The Hall–Kier alpha value is -3.68. The summed E-state index contributed by atoms with van der Waals surface area (Å²) in [5.41, 5.74) is 10.6. The number of pyridine rings is 2. The molecule has 8 heteroatoms. The number of unbranched alkanes of at least 4 members (excludes halogenated alkanes) is 1. The van der Waals surface area contributed by atoms with E-state index < -0.39 is 5.60 Å². The Morgan fingerprint density at radius 3 is 2.69 bits per heavy atom. The van der Waals surface area contributed by atoms with E-state index in [1.807, 2.05) is 39.1 Å². The maximum Gasteiger partial charge on any atom is 0.407 e. The number of ether oxygens (including phenoxy) is 1. The molecular weight excluding hydrogens is 440 g/mol. The number of fused-ring (bicyclic) bond motifs is 3. The van der Waals surface area contributed by atoms with E-state index in [9.17, 15) is 4.79 Å². The molecule has 0 aliphatic carbocycles. The molecule has 0 bridgehead atoms. The highest BCUT2D eigenvalue weighted by molar-refractivity contribution is 6.07. The second-order valence-corrected chi connectivity index (χ2v) is 9.73. The third-order valence-electron chi connectivity index (χ3n) is 5.73. The zero-order valence-electron chi connectivity index (χ0n) is 21.0. The van der Waals surface area contributed by atoms with Crippen molar-refractivity contribution in [2.75, 3.05) is 12.3 Å². The van der Waals surface area contributed by atoms with Gasteiger partial charge in [0.1, 0.15) is 16.9 Å². The van der Waals surface area contributed by atoms with Gasteiger partial charge in [0.25, 0.3) is 0 Å². The van der Waals surface area contributed by atoms with Crippen LogP contribution in [0.25, 0.3) is 33.1 Å². The van der Waals surface area contributed by atoms with Gasteiger partial charge in [-0.05, 0) is 57.7 Å². The Labute approximate surface area is 205 Å². The number of nitrogen functional groups attached to an aromatic ring is 1. The lowest BCUT2D eigenvalue weighted by molar-refractivity contribution is 0.0527. The lowest BCUT2D eigenvalue weighted by Crippen LogP contribution is -2.33. The summed E-state index contributed by atoms with van der Waals surface area (Å²) in [5, 5.41) is 3.87. The second kappa shape index (κ2) is 10.3. The number of amides is 1. The summed E-state index contributed by atoms with van der Waals surface area (Å²) < 4.78 is 7.59. The van der Waals surface area contributed by atoms with Gasteiger partial charge in [0.15, 0.2) is 5.82 Å². The van der Waals surface area contributed by atoms with Gasteiger partial charge in [0, 0.05) is 42.9 Å². The smallest absolute Gasteiger partial charge is 0.407 e. The van der Waals surface area contributed by atoms with Crippen LogP contribution in [0.2, 0.25) is 0 Å². The number of hydrogen-bond acceptors (Lipinski definition) is 6. The number of nitrogens with zero attached hydrogens (tertiary/aromatic N) is 4. The Kier molecular flexibility index (Phi) is 7.19. The van der Waals surface area contributed by atoms with Crippen molar-refractivity contribution in [1.29, 1.82) is 0 Å². The second-order valence-electron chi connectivity index (χ2n) is 9.73. The average Bonchev–Trinajstić information content (AvgIpc) is 3.17. The molecule has 0 fully saturated rings. The molecule has 0 saturated carbocycles. The molecule has 1 aromatic carbocycles. The van der Waals surface area contributed by atoms with E-state index in [-0.39, 0.29) is 6.09 Å². The van der Waals surface area contributed by atoms with Crippen LogP contribution in [0.4, 0.5) is 10.6 Å². The molecule has 0 aliphatic rings. The summed E-state index contributed by atoms with van der Waals surface area (Å²) in [6, 6.07) is 10.2. The van der Waals surface area contributed by atoms with Crippen LogP contribution in [0.15, 0.2) is 42.7 Å². The van der Waals surface area contributed by atoms with Gasteiger partial charge in [-0.3, -0.25) is 4.98 Å². The van der Waals surface area contributed by atoms with Gasteiger partial charge in [0.2, 0.25) is 0 Å². The van der Waals surface area contributed by atoms with Gasteiger partial charge in [-0.1, -0.05) is 25.1 Å². The number of nitrogens with two attached hydrogens (primary N) is 1. The van der Waals surface area contributed by atoms with Gasteiger partial charge in [-0.25, -0.2) is 14.8 Å². The molecule has 4 aromatic rings. The first-order chi connectivity index (χ1) is 16.8. The minimum atomic E-state index is -0.499. The van der Waals surface area contributed by atoms with Gasteiger partial charge in [-0.2, -0.15) is 0 Å². The first-order valence-corrected chi connectivity index (χ1v) is 12.2. The molecule has 35 heavy (non-hydrogen) atoms. The van der Waals surface area contributed by atoms with Gasteiger partial charge >= 0.3 is 6.09 Å². The van der Waals surface area contributed by atoms with Gasteiger partial charge in [0.05, 0.1) is 11.0 Å². The lowest BCUT2D eigenvalue weighted by atomic mass is 10.0.